The van der Waals surface area contributed by atoms with E-state index in [9.17, 15) is 0 Å². The second-order valence-electron chi connectivity index (χ2n) is 3.64. The normalized spacial score (nSPS) is 10.4. The molecular weight excluding hydrogens is 234 g/mol. The zero-order valence-electron chi connectivity index (χ0n) is 10.3. The molecule has 0 amide bonds. The molecule has 8 heteroatoms. The summed E-state index contributed by atoms with van der Waals surface area (Å²) in [6, 6.07) is 1.71. The highest BCUT2D eigenvalue weighted by molar-refractivity contribution is 5.46. The largest absolute Gasteiger partial charge is 0.361 e. The van der Waals surface area contributed by atoms with Crippen LogP contribution in [0.1, 0.15) is 24.5 Å². The number of hydrogen-bond donors (Lipinski definition) is 3. The first-order valence-corrected chi connectivity index (χ1v) is 5.59. The van der Waals surface area contributed by atoms with Crippen LogP contribution in [0.5, 0.6) is 0 Å². The molecule has 4 N–H and O–H groups in total. The second kappa shape index (κ2) is 5.41. The molecular formula is C10H15N7O. The van der Waals surface area contributed by atoms with Crippen molar-refractivity contribution in [3.8, 4) is 0 Å². The average molecular weight is 249 g/mol. The molecule has 0 aliphatic carbocycles. The highest BCUT2D eigenvalue weighted by atomic mass is 16.5. The number of rotatable bonds is 5. The van der Waals surface area contributed by atoms with Crippen LogP contribution in [0.3, 0.4) is 0 Å². The van der Waals surface area contributed by atoms with Gasteiger partial charge in [-0.15, -0.1) is 0 Å². The second-order valence-corrected chi connectivity index (χ2v) is 3.64. The minimum atomic E-state index is 0.408. The number of nitrogens with zero attached hydrogens (tertiary/aromatic N) is 4. The molecule has 2 heterocycles. The van der Waals surface area contributed by atoms with Gasteiger partial charge >= 0.3 is 0 Å². The van der Waals surface area contributed by atoms with E-state index in [4.69, 9.17) is 10.4 Å². The monoisotopic (exact) mass is 249 g/mol. The van der Waals surface area contributed by atoms with Crippen molar-refractivity contribution >= 4 is 11.6 Å². The van der Waals surface area contributed by atoms with E-state index in [1.54, 1.807) is 13.0 Å². The van der Waals surface area contributed by atoms with E-state index in [-0.39, 0.29) is 0 Å². The molecule has 0 aliphatic rings. The number of nitrogens with two attached hydrogens (primary N) is 1. The van der Waals surface area contributed by atoms with Gasteiger partial charge in [-0.1, -0.05) is 12.1 Å². The lowest BCUT2D eigenvalue weighted by molar-refractivity contribution is 0.379. The first-order valence-electron chi connectivity index (χ1n) is 5.59. The zero-order chi connectivity index (χ0) is 13.0. The SMILES string of the molecule is CCc1nc(NN)cc(NCc2nc(C)no2)n1. The van der Waals surface area contributed by atoms with Gasteiger partial charge in [0.25, 0.3) is 0 Å². The van der Waals surface area contributed by atoms with Crippen molar-refractivity contribution in [2.45, 2.75) is 26.8 Å². The molecule has 2 rings (SSSR count). The van der Waals surface area contributed by atoms with Gasteiger partial charge in [-0.25, -0.2) is 15.8 Å². The Morgan fingerprint density at radius 1 is 1.28 bits per heavy atom. The molecule has 96 valence electrons. The summed E-state index contributed by atoms with van der Waals surface area (Å²) < 4.78 is 4.99. The lowest BCUT2D eigenvalue weighted by Gasteiger charge is -2.07. The van der Waals surface area contributed by atoms with Crippen LogP contribution in [-0.2, 0) is 13.0 Å². The van der Waals surface area contributed by atoms with Gasteiger partial charge in [0.2, 0.25) is 5.89 Å². The van der Waals surface area contributed by atoms with Crippen molar-refractivity contribution in [1.29, 1.82) is 0 Å². The van der Waals surface area contributed by atoms with Crippen LogP contribution < -0.4 is 16.6 Å². The van der Waals surface area contributed by atoms with Crippen molar-refractivity contribution in [2.24, 2.45) is 5.84 Å². The number of aromatic nitrogens is 4. The summed E-state index contributed by atoms with van der Waals surface area (Å²) in [5.74, 6) is 8.38. The van der Waals surface area contributed by atoms with Gasteiger partial charge in [0.1, 0.15) is 17.5 Å². The third kappa shape index (κ3) is 2.92. The van der Waals surface area contributed by atoms with Gasteiger partial charge in [-0.2, -0.15) is 4.98 Å². The molecule has 0 saturated carbocycles. The summed E-state index contributed by atoms with van der Waals surface area (Å²) in [4.78, 5) is 12.6. The molecule has 18 heavy (non-hydrogen) atoms. The summed E-state index contributed by atoms with van der Waals surface area (Å²) in [6.45, 7) is 4.15. The van der Waals surface area contributed by atoms with E-state index in [1.165, 1.54) is 0 Å². The smallest absolute Gasteiger partial charge is 0.245 e. The predicted octanol–water partition coefficient (Wildman–Crippen LogP) is 0.628. The molecule has 2 aromatic rings. The summed E-state index contributed by atoms with van der Waals surface area (Å²) in [7, 11) is 0. The quantitative estimate of drug-likeness (QED) is 0.522. The number of aryl methyl sites for hydroxylation is 2. The van der Waals surface area contributed by atoms with Crippen molar-refractivity contribution in [3.63, 3.8) is 0 Å². The molecule has 0 atom stereocenters. The molecule has 0 aromatic carbocycles. The Bertz CT molecular complexity index is 502. The molecule has 0 bridgehead atoms. The standard InChI is InChI=1S/C10H15N7O/c1-3-7-14-8(4-9(15-7)16-11)12-5-10-13-6(2)17-18-10/h4H,3,5,11H2,1-2H3,(H2,12,14,15,16). The van der Waals surface area contributed by atoms with Gasteiger partial charge in [-0.05, 0) is 6.92 Å². The van der Waals surface area contributed by atoms with Crippen molar-refractivity contribution in [2.75, 3.05) is 10.7 Å². The average Bonchev–Trinajstić information content (AvgIpc) is 2.81. The van der Waals surface area contributed by atoms with Crippen LogP contribution in [0.15, 0.2) is 10.6 Å². The van der Waals surface area contributed by atoms with Crippen molar-refractivity contribution in [3.05, 3.63) is 23.6 Å². The van der Waals surface area contributed by atoms with Gasteiger partial charge in [0.15, 0.2) is 5.82 Å². The Morgan fingerprint density at radius 3 is 2.67 bits per heavy atom. The minimum Gasteiger partial charge on any atom is -0.361 e. The Balaban J connectivity index is 2.08. The molecule has 2 aromatic heterocycles. The van der Waals surface area contributed by atoms with E-state index in [1.807, 2.05) is 6.92 Å². The molecule has 0 fully saturated rings. The van der Waals surface area contributed by atoms with Gasteiger partial charge < -0.3 is 15.3 Å². The Morgan fingerprint density at radius 2 is 2.06 bits per heavy atom. The summed E-state index contributed by atoms with van der Waals surface area (Å²) in [5.41, 5.74) is 2.50. The number of anilines is 2. The zero-order valence-corrected chi connectivity index (χ0v) is 10.3. The highest BCUT2D eigenvalue weighted by Gasteiger charge is 2.05. The maximum Gasteiger partial charge on any atom is 0.245 e. The summed E-state index contributed by atoms with van der Waals surface area (Å²) >= 11 is 0. The van der Waals surface area contributed by atoms with Crippen molar-refractivity contribution in [1.82, 2.24) is 20.1 Å². The molecule has 0 unspecified atom stereocenters. The van der Waals surface area contributed by atoms with E-state index < -0.39 is 0 Å². The summed E-state index contributed by atoms with van der Waals surface area (Å²) in [5, 5.41) is 6.79. The van der Waals surface area contributed by atoms with E-state index >= 15 is 0 Å². The van der Waals surface area contributed by atoms with Crippen LogP contribution >= 0.6 is 0 Å². The third-order valence-electron chi connectivity index (χ3n) is 2.23. The van der Waals surface area contributed by atoms with Crippen LogP contribution in [0.25, 0.3) is 0 Å². The molecule has 0 radical (unpaired) electrons. The first-order chi connectivity index (χ1) is 8.71. The molecule has 0 aliphatic heterocycles. The van der Waals surface area contributed by atoms with E-state index in [0.717, 1.165) is 6.42 Å². The number of nitrogen functional groups attached to an aromatic ring is 1. The number of hydrogen-bond acceptors (Lipinski definition) is 8. The van der Waals surface area contributed by atoms with Crippen LogP contribution in [-0.4, -0.2) is 20.1 Å². The van der Waals surface area contributed by atoms with Crippen LogP contribution in [0.2, 0.25) is 0 Å². The van der Waals surface area contributed by atoms with Gasteiger partial charge in [-0.3, -0.25) is 0 Å². The lowest BCUT2D eigenvalue weighted by Crippen LogP contribution is -2.12. The van der Waals surface area contributed by atoms with Crippen molar-refractivity contribution < 1.29 is 4.52 Å². The first kappa shape index (κ1) is 12.2. The molecule has 0 saturated heterocycles. The van der Waals surface area contributed by atoms with Gasteiger partial charge in [0.05, 0.1) is 6.54 Å². The van der Waals surface area contributed by atoms with Crippen LogP contribution in [0, 0.1) is 6.92 Å². The van der Waals surface area contributed by atoms with Gasteiger partial charge in [0, 0.05) is 12.5 Å². The number of hydrazine groups is 1. The Labute approximate surface area is 104 Å². The molecule has 8 nitrogen and oxygen atoms in total. The fraction of sp³-hybridized carbons (Fsp3) is 0.400. The minimum absolute atomic E-state index is 0.408. The fourth-order valence-electron chi connectivity index (χ4n) is 1.40. The van der Waals surface area contributed by atoms with Crippen LogP contribution in [0.4, 0.5) is 11.6 Å². The third-order valence-corrected chi connectivity index (χ3v) is 2.23. The molecule has 0 spiro atoms. The number of nitrogens with one attached hydrogen (secondary N) is 2. The highest BCUT2D eigenvalue weighted by Crippen LogP contribution is 2.11. The Hall–Kier alpha value is -2.22. The Kier molecular flexibility index (Phi) is 3.68. The predicted molar refractivity (Wildman–Crippen MR) is 65.6 cm³/mol. The maximum atomic E-state index is 5.34. The lowest BCUT2D eigenvalue weighted by atomic mass is 10.4. The summed E-state index contributed by atoms with van der Waals surface area (Å²) in [6.07, 6.45) is 0.726. The fourth-order valence-corrected chi connectivity index (χ4v) is 1.40. The maximum absolute atomic E-state index is 5.34. The van der Waals surface area contributed by atoms with E-state index in [0.29, 0.717) is 35.7 Å². The van der Waals surface area contributed by atoms with E-state index in [2.05, 4.69) is 30.9 Å². The topological polar surface area (TPSA) is 115 Å².